The van der Waals surface area contributed by atoms with Gasteiger partial charge in [0, 0.05) is 17.9 Å². The number of rotatable bonds is 3. The minimum Gasteiger partial charge on any atom is -0.368 e. The van der Waals surface area contributed by atoms with E-state index in [0.717, 1.165) is 17.7 Å². The van der Waals surface area contributed by atoms with Crippen LogP contribution in [0.15, 0.2) is 17.5 Å². The summed E-state index contributed by atoms with van der Waals surface area (Å²) < 4.78 is 5.41. The highest BCUT2D eigenvalue weighted by Gasteiger charge is 2.34. The molecule has 0 radical (unpaired) electrons. The van der Waals surface area contributed by atoms with Crippen molar-refractivity contribution in [2.75, 3.05) is 6.61 Å². The summed E-state index contributed by atoms with van der Waals surface area (Å²) in [7, 11) is 0. The quantitative estimate of drug-likeness (QED) is 0.884. The summed E-state index contributed by atoms with van der Waals surface area (Å²) in [5.41, 5.74) is 0. The van der Waals surface area contributed by atoms with Crippen LogP contribution < -0.4 is 10.6 Å². The van der Waals surface area contributed by atoms with Gasteiger partial charge in [-0.15, -0.1) is 11.3 Å². The number of piperidine rings is 1. The Bertz CT molecular complexity index is 483. The largest absolute Gasteiger partial charge is 0.368 e. The number of amides is 2. The van der Waals surface area contributed by atoms with Crippen LogP contribution in [-0.4, -0.2) is 30.6 Å². The molecule has 2 aliphatic rings. The average molecular weight is 294 g/mol. The van der Waals surface area contributed by atoms with E-state index in [1.165, 1.54) is 0 Å². The Balaban J connectivity index is 1.69. The first-order valence-electron chi connectivity index (χ1n) is 6.99. The van der Waals surface area contributed by atoms with E-state index < -0.39 is 0 Å². The summed E-state index contributed by atoms with van der Waals surface area (Å²) in [6.45, 7) is 0.661. The molecule has 108 valence electrons. The maximum Gasteiger partial charge on any atom is 0.249 e. The highest BCUT2D eigenvalue weighted by molar-refractivity contribution is 7.10. The van der Waals surface area contributed by atoms with Crippen LogP contribution in [0.4, 0.5) is 0 Å². The monoisotopic (exact) mass is 294 g/mol. The number of nitrogens with one attached hydrogen (secondary N) is 2. The molecule has 1 aromatic rings. The van der Waals surface area contributed by atoms with Crippen molar-refractivity contribution < 1.29 is 14.3 Å². The zero-order valence-electron chi connectivity index (χ0n) is 11.1. The molecular weight excluding hydrogens is 276 g/mol. The van der Waals surface area contributed by atoms with E-state index in [4.69, 9.17) is 4.74 Å². The van der Waals surface area contributed by atoms with Crippen LogP contribution >= 0.6 is 11.3 Å². The molecule has 1 aromatic heterocycles. The van der Waals surface area contributed by atoms with Crippen molar-refractivity contribution in [1.82, 2.24) is 10.6 Å². The van der Waals surface area contributed by atoms with Gasteiger partial charge in [-0.3, -0.25) is 9.59 Å². The maximum absolute atomic E-state index is 12.2. The lowest BCUT2D eigenvalue weighted by atomic mass is 9.96. The average Bonchev–Trinajstić information content (AvgIpc) is 3.13. The van der Waals surface area contributed by atoms with Crippen LogP contribution in [0.2, 0.25) is 0 Å². The van der Waals surface area contributed by atoms with Gasteiger partial charge in [0.25, 0.3) is 0 Å². The molecule has 2 aliphatic heterocycles. The van der Waals surface area contributed by atoms with E-state index >= 15 is 0 Å². The molecule has 0 aromatic carbocycles. The van der Waals surface area contributed by atoms with E-state index in [-0.39, 0.29) is 30.0 Å². The van der Waals surface area contributed by atoms with Crippen molar-refractivity contribution in [2.45, 2.75) is 43.9 Å². The number of hydrogen-bond donors (Lipinski definition) is 2. The van der Waals surface area contributed by atoms with Crippen molar-refractivity contribution in [3.8, 4) is 0 Å². The second-order valence-corrected chi connectivity index (χ2v) is 6.20. The maximum atomic E-state index is 12.2. The summed E-state index contributed by atoms with van der Waals surface area (Å²) in [6, 6.07) is 3.77. The van der Waals surface area contributed by atoms with Crippen LogP contribution in [0.25, 0.3) is 0 Å². The third-order valence-electron chi connectivity index (χ3n) is 3.80. The predicted molar refractivity (Wildman–Crippen MR) is 75.3 cm³/mol. The van der Waals surface area contributed by atoms with Crippen molar-refractivity contribution >= 4 is 23.2 Å². The molecule has 3 atom stereocenters. The van der Waals surface area contributed by atoms with Crippen LogP contribution in [0.3, 0.4) is 0 Å². The van der Waals surface area contributed by atoms with Gasteiger partial charge in [-0.2, -0.15) is 0 Å². The molecule has 2 N–H and O–H groups in total. The second-order valence-electron chi connectivity index (χ2n) is 5.22. The Kier molecular flexibility index (Phi) is 4.03. The predicted octanol–water partition coefficient (Wildman–Crippen LogP) is 1.36. The first-order valence-corrected chi connectivity index (χ1v) is 7.87. The molecule has 20 heavy (non-hydrogen) atoms. The minimum atomic E-state index is -0.323. The van der Waals surface area contributed by atoms with Gasteiger partial charge in [0.15, 0.2) is 0 Å². The van der Waals surface area contributed by atoms with Crippen molar-refractivity contribution in [1.29, 1.82) is 0 Å². The molecule has 5 nitrogen and oxygen atoms in total. The zero-order chi connectivity index (χ0) is 13.9. The SMILES string of the molecule is O=C1CC[C@@H](NC(=O)C2CCCO2)[C@H](c2cccs2)N1. The van der Waals surface area contributed by atoms with Gasteiger partial charge in [0.2, 0.25) is 11.8 Å². The first-order chi connectivity index (χ1) is 9.74. The summed E-state index contributed by atoms with van der Waals surface area (Å²) >= 11 is 1.60. The Morgan fingerprint density at radius 3 is 3.05 bits per heavy atom. The van der Waals surface area contributed by atoms with Crippen LogP contribution in [0, 0.1) is 0 Å². The fourth-order valence-corrected chi connectivity index (χ4v) is 3.59. The van der Waals surface area contributed by atoms with Gasteiger partial charge >= 0.3 is 0 Å². The molecule has 0 spiro atoms. The number of carbonyl (C=O) groups is 2. The highest BCUT2D eigenvalue weighted by atomic mass is 32.1. The molecule has 3 heterocycles. The third-order valence-corrected chi connectivity index (χ3v) is 4.76. The van der Waals surface area contributed by atoms with E-state index in [2.05, 4.69) is 10.6 Å². The number of ether oxygens (including phenoxy) is 1. The second kappa shape index (κ2) is 5.93. The molecule has 1 unspecified atom stereocenters. The Hall–Kier alpha value is -1.40. The third kappa shape index (κ3) is 2.86. The Morgan fingerprint density at radius 1 is 1.45 bits per heavy atom. The lowest BCUT2D eigenvalue weighted by Crippen LogP contribution is -2.51. The van der Waals surface area contributed by atoms with Gasteiger partial charge in [0.1, 0.15) is 6.10 Å². The summed E-state index contributed by atoms with van der Waals surface area (Å²) in [5, 5.41) is 8.01. The van der Waals surface area contributed by atoms with E-state index in [1.807, 2.05) is 17.5 Å². The number of thiophene rings is 1. The molecule has 2 fully saturated rings. The molecular formula is C14H18N2O3S. The van der Waals surface area contributed by atoms with E-state index in [9.17, 15) is 9.59 Å². The smallest absolute Gasteiger partial charge is 0.249 e. The lowest BCUT2D eigenvalue weighted by Gasteiger charge is -2.32. The number of carbonyl (C=O) groups excluding carboxylic acids is 2. The molecule has 0 bridgehead atoms. The van der Waals surface area contributed by atoms with E-state index in [1.54, 1.807) is 11.3 Å². The molecule has 2 saturated heterocycles. The molecule has 6 heteroatoms. The standard InChI is InChI=1S/C14H18N2O3S/c17-12-6-5-9(13(16-12)11-4-2-8-20-11)15-14(18)10-3-1-7-19-10/h2,4,8-10,13H,1,3,5-7H2,(H,15,18)(H,16,17)/t9-,10?,13-/m1/s1. The highest BCUT2D eigenvalue weighted by Crippen LogP contribution is 2.28. The van der Waals surface area contributed by atoms with E-state index in [0.29, 0.717) is 19.4 Å². The van der Waals surface area contributed by atoms with Gasteiger partial charge in [-0.25, -0.2) is 0 Å². The number of hydrogen-bond acceptors (Lipinski definition) is 4. The van der Waals surface area contributed by atoms with Crippen LogP contribution in [0.5, 0.6) is 0 Å². The summed E-state index contributed by atoms with van der Waals surface area (Å²) in [5.74, 6) is -0.00350. The van der Waals surface area contributed by atoms with Gasteiger partial charge < -0.3 is 15.4 Å². The van der Waals surface area contributed by atoms with Crippen LogP contribution in [0.1, 0.15) is 36.6 Å². The zero-order valence-corrected chi connectivity index (χ0v) is 11.9. The fourth-order valence-electron chi connectivity index (χ4n) is 2.75. The molecule has 3 rings (SSSR count). The molecule has 2 amide bonds. The summed E-state index contributed by atoms with van der Waals surface area (Å²) in [4.78, 5) is 24.9. The fraction of sp³-hybridized carbons (Fsp3) is 0.571. The summed E-state index contributed by atoms with van der Waals surface area (Å²) in [6.07, 6.45) is 2.53. The first kappa shape index (κ1) is 13.6. The Morgan fingerprint density at radius 2 is 2.35 bits per heavy atom. The van der Waals surface area contributed by atoms with Crippen LogP contribution in [-0.2, 0) is 14.3 Å². The Labute approximate surface area is 121 Å². The van der Waals surface area contributed by atoms with Crippen molar-refractivity contribution in [2.24, 2.45) is 0 Å². The van der Waals surface area contributed by atoms with Gasteiger partial charge in [-0.05, 0) is 30.7 Å². The molecule has 0 aliphatic carbocycles. The topological polar surface area (TPSA) is 67.4 Å². The minimum absolute atomic E-state index is 0.0472. The van der Waals surface area contributed by atoms with Crippen molar-refractivity contribution in [3.63, 3.8) is 0 Å². The van der Waals surface area contributed by atoms with Gasteiger partial charge in [0.05, 0.1) is 12.1 Å². The lowest BCUT2D eigenvalue weighted by molar-refractivity contribution is -0.132. The normalized spacial score (nSPS) is 30.0. The molecule has 0 saturated carbocycles. The van der Waals surface area contributed by atoms with Crippen molar-refractivity contribution in [3.05, 3.63) is 22.4 Å². The van der Waals surface area contributed by atoms with Gasteiger partial charge in [-0.1, -0.05) is 6.07 Å².